The third-order valence-corrected chi connectivity index (χ3v) is 2.70. The van der Waals surface area contributed by atoms with Crippen molar-refractivity contribution in [2.45, 2.75) is 0 Å². The number of furan rings is 1. The maximum Gasteiger partial charge on any atom is 0.328 e. The molecule has 2 rings (SSSR count). The van der Waals surface area contributed by atoms with Crippen molar-refractivity contribution in [2.24, 2.45) is 0 Å². The Balaban J connectivity index is 2.40. The standard InChI is InChI=1S/C15H11ClO3/c16-12-8-6-11(7-9-12)13(3-1-5-15(17)18)14-4-2-10-19-14/h1-10H,(H,17,18). The Labute approximate surface area is 115 Å². The SMILES string of the molecule is O=C(O)C=CC=C(c1ccc(Cl)cc1)c1ccco1. The van der Waals surface area contributed by atoms with E-state index in [1.54, 1.807) is 30.5 Å². The average Bonchev–Trinajstić information content (AvgIpc) is 2.89. The molecule has 3 nitrogen and oxygen atoms in total. The summed E-state index contributed by atoms with van der Waals surface area (Å²) < 4.78 is 5.36. The van der Waals surface area contributed by atoms with E-state index in [0.29, 0.717) is 10.8 Å². The lowest BCUT2D eigenvalue weighted by Crippen LogP contribution is -1.87. The van der Waals surface area contributed by atoms with E-state index in [1.807, 2.05) is 18.2 Å². The number of carbonyl (C=O) groups is 1. The highest BCUT2D eigenvalue weighted by Crippen LogP contribution is 2.25. The molecule has 0 saturated carbocycles. The van der Waals surface area contributed by atoms with Crippen LogP contribution in [0.3, 0.4) is 0 Å². The molecule has 2 aromatic rings. The fraction of sp³-hybridized carbons (Fsp3) is 0. The normalized spacial score (nSPS) is 11.9. The summed E-state index contributed by atoms with van der Waals surface area (Å²) in [5.74, 6) is -0.330. The van der Waals surface area contributed by atoms with Gasteiger partial charge in [-0.1, -0.05) is 35.9 Å². The second-order valence-corrected chi connectivity index (χ2v) is 4.20. The number of hydrogen-bond acceptors (Lipinski definition) is 2. The van der Waals surface area contributed by atoms with Crippen molar-refractivity contribution in [2.75, 3.05) is 0 Å². The Kier molecular flexibility index (Phi) is 4.21. The van der Waals surface area contributed by atoms with Crippen LogP contribution in [-0.2, 0) is 4.79 Å². The van der Waals surface area contributed by atoms with Crippen molar-refractivity contribution < 1.29 is 14.3 Å². The van der Waals surface area contributed by atoms with Crippen LogP contribution in [0, 0.1) is 0 Å². The molecule has 0 aliphatic rings. The van der Waals surface area contributed by atoms with Crippen LogP contribution in [0.2, 0.25) is 5.02 Å². The topological polar surface area (TPSA) is 50.4 Å². The number of carboxylic acid groups (broad SMARTS) is 1. The minimum absolute atomic E-state index is 0.642. The number of rotatable bonds is 4. The summed E-state index contributed by atoms with van der Waals surface area (Å²) in [7, 11) is 0. The quantitative estimate of drug-likeness (QED) is 0.677. The van der Waals surface area contributed by atoms with Crippen LogP contribution in [0.15, 0.2) is 65.3 Å². The second kappa shape index (κ2) is 6.07. The summed E-state index contributed by atoms with van der Waals surface area (Å²) in [5, 5.41) is 9.25. The Morgan fingerprint density at radius 2 is 1.95 bits per heavy atom. The van der Waals surface area contributed by atoms with Crippen molar-refractivity contribution in [1.29, 1.82) is 0 Å². The van der Waals surface area contributed by atoms with Crippen LogP contribution < -0.4 is 0 Å². The molecule has 0 saturated heterocycles. The van der Waals surface area contributed by atoms with Gasteiger partial charge in [0.05, 0.1) is 6.26 Å². The summed E-state index contributed by atoms with van der Waals surface area (Å²) >= 11 is 5.85. The van der Waals surface area contributed by atoms with Gasteiger partial charge in [0.2, 0.25) is 0 Å². The third-order valence-electron chi connectivity index (χ3n) is 2.44. The van der Waals surface area contributed by atoms with Gasteiger partial charge in [0.1, 0.15) is 5.76 Å². The van der Waals surface area contributed by atoms with Gasteiger partial charge in [-0.05, 0) is 29.8 Å². The molecule has 0 aliphatic heterocycles. The minimum atomic E-state index is -0.994. The van der Waals surface area contributed by atoms with Crippen LogP contribution in [0.5, 0.6) is 0 Å². The molecule has 1 N–H and O–H groups in total. The molecular weight excluding hydrogens is 264 g/mol. The maximum atomic E-state index is 10.5. The fourth-order valence-electron chi connectivity index (χ4n) is 1.61. The molecule has 1 aromatic carbocycles. The van der Waals surface area contributed by atoms with E-state index in [2.05, 4.69) is 0 Å². The molecule has 0 spiro atoms. The lowest BCUT2D eigenvalue weighted by atomic mass is 10.0. The van der Waals surface area contributed by atoms with Crippen LogP contribution in [0.25, 0.3) is 5.57 Å². The van der Waals surface area contributed by atoms with E-state index in [4.69, 9.17) is 21.1 Å². The van der Waals surface area contributed by atoms with Gasteiger partial charge in [0, 0.05) is 16.7 Å². The zero-order valence-electron chi connectivity index (χ0n) is 9.92. The van der Waals surface area contributed by atoms with Crippen molar-refractivity contribution in [3.63, 3.8) is 0 Å². The van der Waals surface area contributed by atoms with E-state index in [-0.39, 0.29) is 0 Å². The molecule has 1 aromatic heterocycles. The van der Waals surface area contributed by atoms with Gasteiger partial charge in [0.15, 0.2) is 0 Å². The van der Waals surface area contributed by atoms with Gasteiger partial charge in [-0.25, -0.2) is 4.79 Å². The molecule has 0 atom stereocenters. The molecular formula is C15H11ClO3. The highest BCUT2D eigenvalue weighted by atomic mass is 35.5. The van der Waals surface area contributed by atoms with E-state index in [1.165, 1.54) is 6.08 Å². The predicted molar refractivity (Wildman–Crippen MR) is 74.0 cm³/mol. The zero-order chi connectivity index (χ0) is 13.7. The Bertz CT molecular complexity index is 607. The first-order valence-electron chi connectivity index (χ1n) is 5.58. The van der Waals surface area contributed by atoms with E-state index in [0.717, 1.165) is 17.2 Å². The number of hydrogen-bond donors (Lipinski definition) is 1. The van der Waals surface area contributed by atoms with Crippen LogP contribution in [0.1, 0.15) is 11.3 Å². The van der Waals surface area contributed by atoms with Crippen molar-refractivity contribution in [3.8, 4) is 0 Å². The Morgan fingerprint density at radius 3 is 2.53 bits per heavy atom. The fourth-order valence-corrected chi connectivity index (χ4v) is 1.73. The lowest BCUT2D eigenvalue weighted by Gasteiger charge is -2.04. The van der Waals surface area contributed by atoms with Crippen LogP contribution in [0.4, 0.5) is 0 Å². The summed E-state index contributed by atoms with van der Waals surface area (Å²) in [6, 6.07) is 10.8. The first-order valence-corrected chi connectivity index (χ1v) is 5.96. The smallest absolute Gasteiger partial charge is 0.328 e. The van der Waals surface area contributed by atoms with E-state index in [9.17, 15) is 4.79 Å². The lowest BCUT2D eigenvalue weighted by molar-refractivity contribution is -0.131. The van der Waals surface area contributed by atoms with E-state index < -0.39 is 5.97 Å². The summed E-state index contributed by atoms with van der Waals surface area (Å²) in [6.45, 7) is 0. The predicted octanol–water partition coefficient (Wildman–Crippen LogP) is 4.01. The van der Waals surface area contributed by atoms with Gasteiger partial charge >= 0.3 is 5.97 Å². The summed E-state index contributed by atoms with van der Waals surface area (Å²) in [5.41, 5.74) is 1.69. The van der Waals surface area contributed by atoms with E-state index >= 15 is 0 Å². The number of allylic oxidation sites excluding steroid dienone is 2. The Morgan fingerprint density at radius 1 is 1.21 bits per heavy atom. The first kappa shape index (κ1) is 13.2. The Hall–Kier alpha value is -2.26. The highest BCUT2D eigenvalue weighted by molar-refractivity contribution is 6.30. The molecule has 1 heterocycles. The number of carboxylic acids is 1. The largest absolute Gasteiger partial charge is 0.478 e. The highest BCUT2D eigenvalue weighted by Gasteiger charge is 2.06. The van der Waals surface area contributed by atoms with Crippen LogP contribution in [-0.4, -0.2) is 11.1 Å². The molecule has 0 unspecified atom stereocenters. The minimum Gasteiger partial charge on any atom is -0.478 e. The maximum absolute atomic E-state index is 10.5. The van der Waals surface area contributed by atoms with Crippen molar-refractivity contribution in [1.82, 2.24) is 0 Å². The summed E-state index contributed by atoms with van der Waals surface area (Å²) in [6.07, 6.45) is 5.80. The average molecular weight is 275 g/mol. The van der Waals surface area contributed by atoms with Gasteiger partial charge in [-0.15, -0.1) is 0 Å². The van der Waals surface area contributed by atoms with Gasteiger partial charge < -0.3 is 9.52 Å². The monoisotopic (exact) mass is 274 g/mol. The molecule has 0 fully saturated rings. The molecule has 19 heavy (non-hydrogen) atoms. The number of halogens is 1. The van der Waals surface area contributed by atoms with Gasteiger partial charge in [-0.2, -0.15) is 0 Å². The third kappa shape index (κ3) is 3.60. The molecule has 4 heteroatoms. The molecule has 0 bridgehead atoms. The van der Waals surface area contributed by atoms with Crippen molar-refractivity contribution >= 4 is 23.1 Å². The van der Waals surface area contributed by atoms with Gasteiger partial charge in [-0.3, -0.25) is 0 Å². The number of aliphatic carboxylic acids is 1. The second-order valence-electron chi connectivity index (χ2n) is 3.76. The van der Waals surface area contributed by atoms with Crippen LogP contribution >= 0.6 is 11.6 Å². The molecule has 96 valence electrons. The van der Waals surface area contributed by atoms with Gasteiger partial charge in [0.25, 0.3) is 0 Å². The molecule has 0 radical (unpaired) electrons. The molecule has 0 aliphatic carbocycles. The van der Waals surface area contributed by atoms with Crippen molar-refractivity contribution in [3.05, 3.63) is 77.2 Å². The zero-order valence-corrected chi connectivity index (χ0v) is 10.7. The number of benzene rings is 1. The molecule has 0 amide bonds. The summed E-state index contributed by atoms with van der Waals surface area (Å²) in [4.78, 5) is 10.5. The first-order chi connectivity index (χ1) is 9.16.